The molecule has 6 heteroatoms. The first-order valence-corrected chi connectivity index (χ1v) is 7.90. The molecule has 1 atom stereocenters. The van der Waals surface area contributed by atoms with Crippen LogP contribution in [0.5, 0.6) is 0 Å². The lowest BCUT2D eigenvalue weighted by Gasteiger charge is -2.21. The second-order valence-corrected chi connectivity index (χ2v) is 6.69. The van der Waals surface area contributed by atoms with Crippen molar-refractivity contribution in [2.75, 3.05) is 6.61 Å². The van der Waals surface area contributed by atoms with Gasteiger partial charge in [0.05, 0.1) is 17.2 Å². The van der Waals surface area contributed by atoms with E-state index in [1.807, 2.05) is 27.7 Å². The van der Waals surface area contributed by atoms with Crippen molar-refractivity contribution in [2.45, 2.75) is 33.7 Å². The van der Waals surface area contributed by atoms with E-state index in [0.29, 0.717) is 11.6 Å². The Bertz CT molecular complexity index is 544. The standard InChI is InChI=1S/C16H21Cl2NO3/c1-9(2)8-22-16(21)14(10(3)4)19-15(20)12-6-5-11(17)7-13(12)18/h5-7,9-10,14H,8H2,1-4H3,(H,19,20)/t14-/m0/s1. The smallest absolute Gasteiger partial charge is 0.328 e. The van der Waals surface area contributed by atoms with Gasteiger partial charge < -0.3 is 10.1 Å². The summed E-state index contributed by atoms with van der Waals surface area (Å²) in [5.41, 5.74) is 0.272. The van der Waals surface area contributed by atoms with Crippen molar-refractivity contribution < 1.29 is 14.3 Å². The lowest BCUT2D eigenvalue weighted by atomic mass is 10.0. The molecule has 4 nitrogen and oxygen atoms in total. The van der Waals surface area contributed by atoms with Gasteiger partial charge in [0.25, 0.3) is 5.91 Å². The van der Waals surface area contributed by atoms with Crippen LogP contribution in [0.2, 0.25) is 10.0 Å². The maximum absolute atomic E-state index is 12.3. The zero-order chi connectivity index (χ0) is 16.9. The van der Waals surface area contributed by atoms with Gasteiger partial charge in [-0.3, -0.25) is 4.79 Å². The predicted octanol–water partition coefficient (Wildman–Crippen LogP) is 3.95. The zero-order valence-corrected chi connectivity index (χ0v) is 14.7. The van der Waals surface area contributed by atoms with Crippen molar-refractivity contribution in [1.29, 1.82) is 0 Å². The first kappa shape index (κ1) is 18.8. The molecule has 0 aliphatic heterocycles. The van der Waals surface area contributed by atoms with Crippen molar-refractivity contribution >= 4 is 35.1 Å². The van der Waals surface area contributed by atoms with Crippen LogP contribution in [0.25, 0.3) is 0 Å². The van der Waals surface area contributed by atoms with E-state index < -0.39 is 17.9 Å². The minimum absolute atomic E-state index is 0.102. The van der Waals surface area contributed by atoms with Gasteiger partial charge in [-0.2, -0.15) is 0 Å². The third-order valence-electron chi connectivity index (χ3n) is 2.94. The van der Waals surface area contributed by atoms with Crippen molar-refractivity contribution in [3.05, 3.63) is 33.8 Å². The van der Waals surface area contributed by atoms with Crippen LogP contribution < -0.4 is 5.32 Å². The SMILES string of the molecule is CC(C)COC(=O)[C@@H](NC(=O)c1ccc(Cl)cc1Cl)C(C)C. The second-order valence-electron chi connectivity index (χ2n) is 5.84. The largest absolute Gasteiger partial charge is 0.464 e. The molecule has 0 unspecified atom stereocenters. The topological polar surface area (TPSA) is 55.4 Å². The summed E-state index contributed by atoms with van der Waals surface area (Å²) >= 11 is 11.8. The normalized spacial score (nSPS) is 12.4. The minimum atomic E-state index is -0.724. The van der Waals surface area contributed by atoms with E-state index in [4.69, 9.17) is 27.9 Å². The van der Waals surface area contributed by atoms with E-state index in [-0.39, 0.29) is 22.4 Å². The van der Waals surface area contributed by atoms with Crippen molar-refractivity contribution in [1.82, 2.24) is 5.32 Å². The summed E-state index contributed by atoms with van der Waals surface area (Å²) in [6.07, 6.45) is 0. The molecule has 1 rings (SSSR count). The highest BCUT2D eigenvalue weighted by Gasteiger charge is 2.27. The van der Waals surface area contributed by atoms with Crippen LogP contribution in [0.15, 0.2) is 18.2 Å². The number of halogens is 2. The number of carbonyl (C=O) groups is 2. The Labute approximate surface area is 141 Å². The lowest BCUT2D eigenvalue weighted by Crippen LogP contribution is -2.45. The molecule has 0 aliphatic rings. The van der Waals surface area contributed by atoms with Gasteiger partial charge in [-0.05, 0) is 30.0 Å². The molecule has 1 N–H and O–H groups in total. The van der Waals surface area contributed by atoms with Gasteiger partial charge in [0.2, 0.25) is 0 Å². The molecule has 122 valence electrons. The number of esters is 1. The first-order valence-electron chi connectivity index (χ1n) is 7.15. The Morgan fingerprint density at radius 2 is 1.82 bits per heavy atom. The number of hydrogen-bond donors (Lipinski definition) is 1. The molecular weight excluding hydrogens is 325 g/mol. The van der Waals surface area contributed by atoms with Crippen molar-refractivity contribution in [3.63, 3.8) is 0 Å². The summed E-state index contributed by atoms with van der Waals surface area (Å²) in [5, 5.41) is 3.36. The fourth-order valence-corrected chi connectivity index (χ4v) is 2.22. The molecule has 0 heterocycles. The molecule has 0 fully saturated rings. The number of nitrogens with one attached hydrogen (secondary N) is 1. The molecular formula is C16H21Cl2NO3. The van der Waals surface area contributed by atoms with Gasteiger partial charge in [0.15, 0.2) is 0 Å². The van der Waals surface area contributed by atoms with Crippen molar-refractivity contribution in [2.24, 2.45) is 11.8 Å². The van der Waals surface area contributed by atoms with Crippen LogP contribution in [0.1, 0.15) is 38.1 Å². The van der Waals surface area contributed by atoms with E-state index in [2.05, 4.69) is 5.32 Å². The summed E-state index contributed by atoms with van der Waals surface area (Å²) in [6.45, 7) is 7.89. The molecule has 0 spiro atoms. The molecule has 0 aromatic heterocycles. The first-order chi connectivity index (χ1) is 10.2. The molecule has 1 amide bonds. The van der Waals surface area contributed by atoms with E-state index in [1.54, 1.807) is 6.07 Å². The maximum atomic E-state index is 12.3. The van der Waals surface area contributed by atoms with Gasteiger partial charge in [-0.25, -0.2) is 4.79 Å². The Hall–Kier alpha value is -1.26. The van der Waals surface area contributed by atoms with Gasteiger partial charge in [-0.15, -0.1) is 0 Å². The molecule has 1 aromatic rings. The number of rotatable bonds is 6. The molecule has 0 aliphatic carbocycles. The van der Waals surface area contributed by atoms with Gasteiger partial charge in [0.1, 0.15) is 6.04 Å². The van der Waals surface area contributed by atoms with Gasteiger partial charge >= 0.3 is 5.97 Å². The fourth-order valence-electron chi connectivity index (χ4n) is 1.73. The molecule has 1 aromatic carbocycles. The number of carbonyl (C=O) groups excluding carboxylic acids is 2. The third kappa shape index (κ3) is 5.50. The number of benzene rings is 1. The average Bonchev–Trinajstić information content (AvgIpc) is 2.41. The number of amides is 1. The quantitative estimate of drug-likeness (QED) is 0.794. The van der Waals surface area contributed by atoms with E-state index in [9.17, 15) is 9.59 Å². The van der Waals surface area contributed by atoms with Crippen LogP contribution in [0.3, 0.4) is 0 Å². The van der Waals surface area contributed by atoms with Crippen LogP contribution in [0.4, 0.5) is 0 Å². The van der Waals surface area contributed by atoms with Crippen LogP contribution in [0, 0.1) is 11.8 Å². The second kappa shape index (κ2) is 8.39. The molecule has 0 radical (unpaired) electrons. The fraction of sp³-hybridized carbons (Fsp3) is 0.500. The summed E-state index contributed by atoms with van der Waals surface area (Å²) in [7, 11) is 0. The predicted molar refractivity (Wildman–Crippen MR) is 88.4 cm³/mol. The van der Waals surface area contributed by atoms with Gasteiger partial charge in [-0.1, -0.05) is 50.9 Å². The van der Waals surface area contributed by atoms with E-state index in [1.165, 1.54) is 12.1 Å². The Morgan fingerprint density at radius 3 is 2.32 bits per heavy atom. The highest BCUT2D eigenvalue weighted by atomic mass is 35.5. The Kier molecular flexibility index (Phi) is 7.17. The Morgan fingerprint density at radius 1 is 1.18 bits per heavy atom. The van der Waals surface area contributed by atoms with Crippen LogP contribution >= 0.6 is 23.2 Å². The molecule has 0 saturated carbocycles. The zero-order valence-electron chi connectivity index (χ0n) is 13.2. The Balaban J connectivity index is 2.82. The number of ether oxygens (including phenoxy) is 1. The molecule has 0 saturated heterocycles. The van der Waals surface area contributed by atoms with E-state index in [0.717, 1.165) is 0 Å². The highest BCUT2D eigenvalue weighted by molar-refractivity contribution is 6.36. The van der Waals surface area contributed by atoms with E-state index >= 15 is 0 Å². The highest BCUT2D eigenvalue weighted by Crippen LogP contribution is 2.21. The van der Waals surface area contributed by atoms with Crippen LogP contribution in [-0.4, -0.2) is 24.5 Å². The van der Waals surface area contributed by atoms with Crippen LogP contribution in [-0.2, 0) is 9.53 Å². The summed E-state index contributed by atoms with van der Waals surface area (Å²) in [4.78, 5) is 24.4. The summed E-state index contributed by atoms with van der Waals surface area (Å²) in [6, 6.07) is 3.86. The minimum Gasteiger partial charge on any atom is -0.464 e. The average molecular weight is 346 g/mol. The monoisotopic (exact) mass is 345 g/mol. The van der Waals surface area contributed by atoms with Gasteiger partial charge in [0, 0.05) is 5.02 Å². The van der Waals surface area contributed by atoms with Crippen molar-refractivity contribution in [3.8, 4) is 0 Å². The summed E-state index contributed by atoms with van der Waals surface area (Å²) in [5.74, 6) is -0.739. The number of hydrogen-bond acceptors (Lipinski definition) is 3. The lowest BCUT2D eigenvalue weighted by molar-refractivity contribution is -0.148. The third-order valence-corrected chi connectivity index (χ3v) is 3.49. The molecule has 0 bridgehead atoms. The summed E-state index contributed by atoms with van der Waals surface area (Å²) < 4.78 is 5.21. The molecule has 22 heavy (non-hydrogen) atoms. The maximum Gasteiger partial charge on any atom is 0.328 e.